The molecule has 0 spiro atoms. The molecule has 140 valence electrons. The molecule has 0 atom stereocenters. The second kappa shape index (κ2) is 8.49. The van der Waals surface area contributed by atoms with Gasteiger partial charge in [-0.05, 0) is 63.0 Å². The third kappa shape index (κ3) is 4.73. The molecular formula is C21H29N3O2. The molecule has 5 nitrogen and oxygen atoms in total. The number of hydrogen-bond acceptors (Lipinski definition) is 4. The van der Waals surface area contributed by atoms with E-state index >= 15 is 0 Å². The van der Waals surface area contributed by atoms with E-state index in [9.17, 15) is 4.79 Å². The number of amides is 1. The van der Waals surface area contributed by atoms with Crippen LogP contribution in [0.25, 0.3) is 0 Å². The molecule has 1 fully saturated rings. The molecule has 1 aliphatic heterocycles. The average molecular weight is 355 g/mol. The lowest BCUT2D eigenvalue weighted by atomic mass is 9.89. The Balaban J connectivity index is 1.67. The number of nitrogens with one attached hydrogen (secondary N) is 1. The van der Waals surface area contributed by atoms with Crippen molar-refractivity contribution in [2.75, 3.05) is 19.6 Å². The molecule has 0 aliphatic carbocycles. The van der Waals surface area contributed by atoms with Gasteiger partial charge in [-0.2, -0.15) is 0 Å². The van der Waals surface area contributed by atoms with Gasteiger partial charge in [-0.15, -0.1) is 0 Å². The normalized spacial score (nSPS) is 16.2. The number of nitrogens with zero attached hydrogens (tertiary/aromatic N) is 2. The average Bonchev–Trinajstić information content (AvgIpc) is 3.13. The van der Waals surface area contributed by atoms with E-state index < -0.39 is 0 Å². The summed E-state index contributed by atoms with van der Waals surface area (Å²) in [6.45, 7) is 9.72. The van der Waals surface area contributed by atoms with Gasteiger partial charge in [0, 0.05) is 18.2 Å². The van der Waals surface area contributed by atoms with E-state index in [1.807, 2.05) is 31.2 Å². The molecule has 26 heavy (non-hydrogen) atoms. The number of rotatable bonds is 6. The van der Waals surface area contributed by atoms with E-state index in [2.05, 4.69) is 24.1 Å². The first-order valence-corrected chi connectivity index (χ1v) is 9.53. The van der Waals surface area contributed by atoms with E-state index in [1.165, 1.54) is 0 Å². The van der Waals surface area contributed by atoms with Crippen LogP contribution in [0.1, 0.15) is 60.1 Å². The Morgan fingerprint density at radius 2 is 2.08 bits per heavy atom. The summed E-state index contributed by atoms with van der Waals surface area (Å²) in [4.78, 5) is 19.8. The van der Waals surface area contributed by atoms with E-state index in [0.717, 1.165) is 55.2 Å². The molecule has 2 aromatic heterocycles. The molecule has 1 N–H and O–H groups in total. The molecule has 1 saturated heterocycles. The van der Waals surface area contributed by atoms with Crippen LogP contribution in [0.2, 0.25) is 0 Å². The minimum atomic E-state index is -0.000727. The lowest BCUT2D eigenvalue weighted by molar-refractivity contribution is 0.0946. The SMILES string of the molecule is Cc1ccc(C(=O)NCC(C)C)c(C2CCN(Cc3ccco3)CC2)n1. The summed E-state index contributed by atoms with van der Waals surface area (Å²) in [7, 11) is 0. The van der Waals surface area contributed by atoms with Gasteiger partial charge in [-0.1, -0.05) is 13.8 Å². The molecule has 1 aliphatic rings. The Kier molecular flexibility index (Phi) is 6.09. The summed E-state index contributed by atoms with van der Waals surface area (Å²) in [5, 5.41) is 3.03. The molecule has 0 saturated carbocycles. The Bertz CT molecular complexity index is 717. The number of carbonyl (C=O) groups is 1. The van der Waals surface area contributed by atoms with Gasteiger partial charge < -0.3 is 9.73 Å². The fourth-order valence-electron chi connectivity index (χ4n) is 3.46. The Morgan fingerprint density at radius 1 is 1.31 bits per heavy atom. The number of hydrogen-bond donors (Lipinski definition) is 1. The number of piperidine rings is 1. The van der Waals surface area contributed by atoms with Gasteiger partial charge in [0.2, 0.25) is 0 Å². The summed E-state index contributed by atoms with van der Waals surface area (Å²) < 4.78 is 5.45. The third-order valence-electron chi connectivity index (χ3n) is 4.91. The van der Waals surface area contributed by atoms with Crippen molar-refractivity contribution < 1.29 is 9.21 Å². The second-order valence-corrected chi connectivity index (χ2v) is 7.62. The van der Waals surface area contributed by atoms with Crippen molar-refractivity contribution in [3.05, 3.63) is 53.2 Å². The monoisotopic (exact) mass is 355 g/mol. The van der Waals surface area contributed by atoms with Crippen molar-refractivity contribution in [2.24, 2.45) is 5.92 Å². The lowest BCUT2D eigenvalue weighted by Gasteiger charge is -2.31. The zero-order valence-electron chi connectivity index (χ0n) is 16.0. The summed E-state index contributed by atoms with van der Waals surface area (Å²) in [6, 6.07) is 7.81. The minimum Gasteiger partial charge on any atom is -0.468 e. The maximum atomic E-state index is 12.6. The van der Waals surface area contributed by atoms with Gasteiger partial charge in [0.25, 0.3) is 5.91 Å². The topological polar surface area (TPSA) is 58.4 Å². The van der Waals surface area contributed by atoms with Gasteiger partial charge in [0.05, 0.1) is 24.1 Å². The van der Waals surface area contributed by atoms with Crippen LogP contribution in [0, 0.1) is 12.8 Å². The number of pyridine rings is 1. The molecule has 5 heteroatoms. The fraction of sp³-hybridized carbons (Fsp3) is 0.524. The van der Waals surface area contributed by atoms with Gasteiger partial charge in [0.1, 0.15) is 5.76 Å². The van der Waals surface area contributed by atoms with Gasteiger partial charge in [-0.3, -0.25) is 14.7 Å². The lowest BCUT2D eigenvalue weighted by Crippen LogP contribution is -2.34. The number of furan rings is 1. The number of aromatic nitrogens is 1. The molecule has 1 amide bonds. The second-order valence-electron chi connectivity index (χ2n) is 7.62. The van der Waals surface area contributed by atoms with Gasteiger partial charge >= 0.3 is 0 Å². The van der Waals surface area contributed by atoms with Crippen molar-refractivity contribution in [2.45, 2.75) is 46.1 Å². The van der Waals surface area contributed by atoms with Crippen molar-refractivity contribution in [3.63, 3.8) is 0 Å². The van der Waals surface area contributed by atoms with Crippen molar-refractivity contribution in [3.8, 4) is 0 Å². The van der Waals surface area contributed by atoms with Crippen LogP contribution >= 0.6 is 0 Å². The highest BCUT2D eigenvalue weighted by atomic mass is 16.3. The van der Waals surface area contributed by atoms with Crippen molar-refractivity contribution in [1.29, 1.82) is 0 Å². The zero-order valence-corrected chi connectivity index (χ0v) is 16.0. The standard InChI is InChI=1S/C21H29N3O2/c1-15(2)13-22-21(25)19-7-6-16(3)23-20(19)17-8-10-24(11-9-17)14-18-5-4-12-26-18/h4-7,12,15,17H,8-11,13-14H2,1-3H3,(H,22,25). The molecule has 3 heterocycles. The van der Waals surface area contributed by atoms with E-state index in [-0.39, 0.29) is 5.91 Å². The predicted molar refractivity (Wildman–Crippen MR) is 102 cm³/mol. The zero-order chi connectivity index (χ0) is 18.5. The Morgan fingerprint density at radius 3 is 2.73 bits per heavy atom. The van der Waals surface area contributed by atoms with Crippen LogP contribution in [0.5, 0.6) is 0 Å². The van der Waals surface area contributed by atoms with Crippen LogP contribution < -0.4 is 5.32 Å². The largest absolute Gasteiger partial charge is 0.468 e. The first-order chi connectivity index (χ1) is 12.5. The van der Waals surface area contributed by atoms with Crippen molar-refractivity contribution in [1.82, 2.24) is 15.2 Å². The Labute approximate surface area is 155 Å². The first-order valence-electron chi connectivity index (χ1n) is 9.53. The molecular weight excluding hydrogens is 326 g/mol. The molecule has 0 bridgehead atoms. The predicted octanol–water partition coefficient (Wildman–Crippen LogP) is 3.75. The summed E-state index contributed by atoms with van der Waals surface area (Å²) >= 11 is 0. The smallest absolute Gasteiger partial charge is 0.253 e. The van der Waals surface area contributed by atoms with Crippen LogP contribution in [-0.2, 0) is 6.54 Å². The van der Waals surface area contributed by atoms with E-state index in [1.54, 1.807) is 6.26 Å². The molecule has 3 rings (SSSR count). The Hall–Kier alpha value is -2.14. The van der Waals surface area contributed by atoms with Crippen LogP contribution in [0.4, 0.5) is 0 Å². The number of likely N-dealkylation sites (tertiary alicyclic amines) is 1. The quantitative estimate of drug-likeness (QED) is 0.857. The van der Waals surface area contributed by atoms with Gasteiger partial charge in [0.15, 0.2) is 0 Å². The van der Waals surface area contributed by atoms with Gasteiger partial charge in [-0.25, -0.2) is 0 Å². The summed E-state index contributed by atoms with van der Waals surface area (Å²) in [5.74, 6) is 1.78. The highest BCUT2D eigenvalue weighted by Gasteiger charge is 2.26. The van der Waals surface area contributed by atoms with Crippen molar-refractivity contribution >= 4 is 5.91 Å². The van der Waals surface area contributed by atoms with E-state index in [0.29, 0.717) is 18.4 Å². The third-order valence-corrected chi connectivity index (χ3v) is 4.91. The summed E-state index contributed by atoms with van der Waals surface area (Å²) in [5.41, 5.74) is 2.67. The highest BCUT2D eigenvalue weighted by Crippen LogP contribution is 2.30. The maximum Gasteiger partial charge on any atom is 0.253 e. The highest BCUT2D eigenvalue weighted by molar-refractivity contribution is 5.95. The minimum absolute atomic E-state index is 0.000727. The number of aryl methyl sites for hydroxylation is 1. The van der Waals surface area contributed by atoms with Crippen LogP contribution in [0.15, 0.2) is 34.9 Å². The molecule has 0 radical (unpaired) electrons. The first kappa shape index (κ1) is 18.6. The maximum absolute atomic E-state index is 12.6. The summed E-state index contributed by atoms with van der Waals surface area (Å²) in [6.07, 6.45) is 3.75. The fourth-order valence-corrected chi connectivity index (χ4v) is 3.46. The van der Waals surface area contributed by atoms with E-state index in [4.69, 9.17) is 9.40 Å². The molecule has 0 unspecified atom stereocenters. The molecule has 0 aromatic carbocycles. The van der Waals surface area contributed by atoms with Crippen LogP contribution in [0.3, 0.4) is 0 Å². The number of carbonyl (C=O) groups excluding carboxylic acids is 1. The van der Waals surface area contributed by atoms with Crippen LogP contribution in [-0.4, -0.2) is 35.4 Å². The molecule has 2 aromatic rings.